The number of carbonyl (C=O) groups is 2. The average Bonchev–Trinajstić information content (AvgIpc) is 3.49. The maximum Gasteiger partial charge on any atom is 0.339 e. The van der Waals surface area contributed by atoms with Crippen LogP contribution in [0.25, 0.3) is 11.0 Å². The van der Waals surface area contributed by atoms with E-state index in [1.165, 1.54) is 0 Å². The van der Waals surface area contributed by atoms with Gasteiger partial charge in [-0.15, -0.1) is 0 Å². The van der Waals surface area contributed by atoms with E-state index in [0.717, 1.165) is 46.4 Å². The first kappa shape index (κ1) is 37.7. The third-order valence-electron chi connectivity index (χ3n) is 11.8. The number of ether oxygens (including phenoxy) is 2. The number of hydrogen-bond donors (Lipinski definition) is 4. The quantitative estimate of drug-likeness (QED) is 0.0966. The standard InChI is InChI=1S/C40H49N3O8S2/c1-4-23(2)37(47)51-39(3)9-7-25-21-52-53-22-30-8-10-43(30)35(46)15-29-19-42-34(41)16-31(29)36(25)40(39)18-28-14-26-13-27(12-24(20-45)6-5-11-44)38(48)49-32(26)17-33(28)50-40/h4,7,13-14,16-17,24,30,36,42,44-45H,5-6,8-12,15,18-22,41H2,1-3H3/b23-4+/t24-,30-,36-,39-,40-/m1/s1. The summed E-state index contributed by atoms with van der Waals surface area (Å²) in [6.07, 6.45) is 9.32. The van der Waals surface area contributed by atoms with Crippen molar-refractivity contribution >= 4 is 44.4 Å². The van der Waals surface area contributed by atoms with E-state index in [1.807, 2.05) is 30.0 Å². The number of esters is 1. The summed E-state index contributed by atoms with van der Waals surface area (Å²) in [5.74, 6) is 1.64. The molecule has 1 spiro atoms. The van der Waals surface area contributed by atoms with E-state index in [4.69, 9.17) is 19.6 Å². The number of nitrogens with two attached hydrogens (primary N) is 1. The lowest BCUT2D eigenvalue weighted by molar-refractivity contribution is -0.186. The van der Waals surface area contributed by atoms with Crippen molar-refractivity contribution in [3.8, 4) is 5.75 Å². The normalized spacial score (nSPS) is 27.8. The first-order chi connectivity index (χ1) is 25.5. The minimum Gasteiger partial charge on any atom is -0.481 e. The highest BCUT2D eigenvalue weighted by Crippen LogP contribution is 2.57. The van der Waals surface area contributed by atoms with Crippen LogP contribution in [0.2, 0.25) is 0 Å². The van der Waals surface area contributed by atoms with Gasteiger partial charge in [0.15, 0.2) is 11.2 Å². The van der Waals surface area contributed by atoms with Gasteiger partial charge in [-0.05, 0) is 87.3 Å². The van der Waals surface area contributed by atoms with Crippen molar-refractivity contribution in [2.45, 2.75) is 83.0 Å². The predicted molar refractivity (Wildman–Crippen MR) is 207 cm³/mol. The Morgan fingerprint density at radius 2 is 2.08 bits per heavy atom. The fourth-order valence-electron chi connectivity index (χ4n) is 8.43. The van der Waals surface area contributed by atoms with E-state index in [1.54, 1.807) is 47.6 Å². The Kier molecular flexibility index (Phi) is 10.8. The summed E-state index contributed by atoms with van der Waals surface area (Å²) in [4.78, 5) is 42.7. The molecule has 13 heteroatoms. The molecule has 4 aliphatic heterocycles. The molecule has 11 nitrogen and oxygen atoms in total. The van der Waals surface area contributed by atoms with Crippen LogP contribution in [0.4, 0.5) is 0 Å². The van der Waals surface area contributed by atoms with Crippen molar-refractivity contribution in [1.82, 2.24) is 10.2 Å². The maximum absolute atomic E-state index is 13.8. The van der Waals surface area contributed by atoms with Gasteiger partial charge >= 0.3 is 11.6 Å². The van der Waals surface area contributed by atoms with E-state index in [9.17, 15) is 24.6 Å². The lowest BCUT2D eigenvalue weighted by atomic mass is 9.61. The maximum atomic E-state index is 13.8. The van der Waals surface area contributed by atoms with Crippen LogP contribution in [-0.4, -0.2) is 82.0 Å². The average molecular weight is 764 g/mol. The van der Waals surface area contributed by atoms with Crippen molar-refractivity contribution in [2.75, 3.05) is 37.8 Å². The first-order valence-electron chi connectivity index (χ1n) is 18.5. The molecular weight excluding hydrogens is 715 g/mol. The van der Waals surface area contributed by atoms with Crippen LogP contribution in [0.1, 0.15) is 64.0 Å². The van der Waals surface area contributed by atoms with Gasteiger partial charge in [-0.2, -0.15) is 0 Å². The SMILES string of the molecule is C/C=C(\C)C(=O)O[C@]1(C)CC=C2CSSC[C@H]3CCN3C(=O)CC3=C(C=C(N)NC3)[C@@H]2[C@]12Cc1cc3cc(C[C@H](CO)CCCO)c(=O)oc3cc1O2. The molecule has 5 heterocycles. The van der Waals surface area contributed by atoms with Crippen molar-refractivity contribution in [3.05, 3.63) is 86.1 Å². The molecular formula is C40H49N3O8S2. The van der Waals surface area contributed by atoms with Crippen LogP contribution in [0, 0.1) is 11.8 Å². The lowest BCUT2D eigenvalue weighted by Gasteiger charge is -2.53. The number of rotatable bonds is 8. The summed E-state index contributed by atoms with van der Waals surface area (Å²) < 4.78 is 19.7. The fraction of sp³-hybridized carbons (Fsp3) is 0.525. The lowest BCUT2D eigenvalue weighted by Crippen LogP contribution is -2.65. The zero-order chi connectivity index (χ0) is 37.5. The van der Waals surface area contributed by atoms with Crippen LogP contribution >= 0.6 is 21.6 Å². The minimum atomic E-state index is -1.16. The van der Waals surface area contributed by atoms with Crippen molar-refractivity contribution in [3.63, 3.8) is 0 Å². The third-order valence-corrected chi connectivity index (χ3v) is 14.2. The van der Waals surface area contributed by atoms with Crippen molar-refractivity contribution in [2.24, 2.45) is 17.6 Å². The van der Waals surface area contributed by atoms with E-state index < -0.39 is 28.7 Å². The Morgan fingerprint density at radius 3 is 2.81 bits per heavy atom. The summed E-state index contributed by atoms with van der Waals surface area (Å²) in [7, 11) is 3.54. The molecule has 284 valence electrons. The summed E-state index contributed by atoms with van der Waals surface area (Å²) in [6, 6.07) is 5.80. The molecule has 1 aliphatic carbocycles. The molecule has 0 radical (unpaired) electrons. The van der Waals surface area contributed by atoms with Gasteiger partial charge in [0, 0.05) is 79.3 Å². The number of aliphatic hydroxyl groups is 2. The molecule has 1 aromatic heterocycles. The molecule has 7 rings (SSSR count). The zero-order valence-corrected chi connectivity index (χ0v) is 32.2. The second-order valence-corrected chi connectivity index (χ2v) is 17.6. The molecule has 0 saturated carbocycles. The Morgan fingerprint density at radius 1 is 1.25 bits per heavy atom. The Hall–Kier alpha value is -3.65. The number of amides is 1. The molecule has 0 unspecified atom stereocenters. The smallest absolute Gasteiger partial charge is 0.339 e. The van der Waals surface area contributed by atoms with E-state index in [-0.39, 0.29) is 37.5 Å². The number of benzene rings is 1. The highest BCUT2D eigenvalue weighted by atomic mass is 33.1. The number of aliphatic hydroxyl groups excluding tert-OH is 2. The molecule has 53 heavy (non-hydrogen) atoms. The number of hydrogen-bond acceptors (Lipinski definition) is 12. The Balaban J connectivity index is 1.37. The second-order valence-electron chi connectivity index (χ2n) is 15.1. The van der Waals surface area contributed by atoms with Gasteiger partial charge in [0.25, 0.3) is 0 Å². The molecule has 5 atom stereocenters. The van der Waals surface area contributed by atoms with Gasteiger partial charge in [0.1, 0.15) is 11.3 Å². The molecule has 2 aromatic rings. The summed E-state index contributed by atoms with van der Waals surface area (Å²) in [5, 5.41) is 23.3. The Bertz CT molecular complexity index is 1990. The van der Waals surface area contributed by atoms with Crippen LogP contribution < -0.4 is 21.4 Å². The van der Waals surface area contributed by atoms with E-state index >= 15 is 0 Å². The largest absolute Gasteiger partial charge is 0.481 e. The summed E-state index contributed by atoms with van der Waals surface area (Å²) in [5.41, 5.74) is 8.86. The highest BCUT2D eigenvalue weighted by molar-refractivity contribution is 8.76. The second kappa shape index (κ2) is 15.2. The van der Waals surface area contributed by atoms with E-state index in [2.05, 4.69) is 11.4 Å². The van der Waals surface area contributed by atoms with Crippen LogP contribution in [0.3, 0.4) is 0 Å². The molecule has 1 aromatic carbocycles. The summed E-state index contributed by atoms with van der Waals surface area (Å²) in [6.45, 7) is 6.56. The van der Waals surface area contributed by atoms with Gasteiger partial charge in [-0.1, -0.05) is 39.3 Å². The zero-order valence-electron chi connectivity index (χ0n) is 30.6. The fourth-order valence-corrected chi connectivity index (χ4v) is 10.9. The van der Waals surface area contributed by atoms with E-state index in [0.29, 0.717) is 72.7 Å². The number of allylic oxidation sites excluding steroid dienone is 2. The van der Waals surface area contributed by atoms with Crippen LogP contribution in [-0.2, 0) is 27.2 Å². The number of dihydropyridines is 1. The van der Waals surface area contributed by atoms with Gasteiger partial charge in [0.2, 0.25) is 5.91 Å². The van der Waals surface area contributed by atoms with Gasteiger partial charge in [-0.25, -0.2) is 9.59 Å². The predicted octanol–water partition coefficient (Wildman–Crippen LogP) is 4.69. The van der Waals surface area contributed by atoms with Gasteiger partial charge in [-0.3, -0.25) is 4.79 Å². The van der Waals surface area contributed by atoms with Crippen molar-refractivity contribution in [1.29, 1.82) is 0 Å². The van der Waals surface area contributed by atoms with Gasteiger partial charge < -0.3 is 40.1 Å². The number of nitrogens with one attached hydrogen (secondary N) is 1. The van der Waals surface area contributed by atoms with Crippen LogP contribution in [0.15, 0.2) is 73.8 Å². The van der Waals surface area contributed by atoms with Crippen molar-refractivity contribution < 1.29 is 33.7 Å². The molecule has 1 saturated heterocycles. The van der Waals surface area contributed by atoms with Gasteiger partial charge in [0.05, 0.1) is 18.2 Å². The highest BCUT2D eigenvalue weighted by Gasteiger charge is 2.64. The number of fused-ring (bicyclic) bond motifs is 6. The number of carbonyl (C=O) groups excluding carboxylic acids is 2. The minimum absolute atomic E-state index is 0.0151. The Labute approximate surface area is 317 Å². The monoisotopic (exact) mass is 763 g/mol. The first-order valence-corrected chi connectivity index (χ1v) is 21.0. The number of nitrogens with zero attached hydrogens (tertiary/aromatic N) is 1. The topological polar surface area (TPSA) is 165 Å². The molecule has 5 aliphatic rings. The molecule has 5 N–H and O–H groups in total. The molecule has 1 fully saturated rings. The van der Waals surface area contributed by atoms with Crippen LogP contribution in [0.5, 0.6) is 5.75 Å². The third kappa shape index (κ3) is 7.05. The molecule has 0 bridgehead atoms. The summed E-state index contributed by atoms with van der Waals surface area (Å²) >= 11 is 0. The molecule has 1 amide bonds.